The highest BCUT2D eigenvalue weighted by atomic mass is 19.1. The van der Waals surface area contributed by atoms with Crippen LogP contribution in [-0.2, 0) is 11.2 Å². The van der Waals surface area contributed by atoms with Gasteiger partial charge in [-0.2, -0.15) is 0 Å². The molecular formula is C11H10F2N3O2+. The molecule has 0 saturated heterocycles. The van der Waals surface area contributed by atoms with E-state index in [-0.39, 0.29) is 17.8 Å². The molecule has 0 fully saturated rings. The third-order valence-corrected chi connectivity index (χ3v) is 2.37. The molecule has 0 bridgehead atoms. The van der Waals surface area contributed by atoms with Crippen molar-refractivity contribution >= 4 is 5.97 Å². The second-order valence-electron chi connectivity index (χ2n) is 3.54. The summed E-state index contributed by atoms with van der Waals surface area (Å²) in [6.45, 7) is 0. The Hall–Kier alpha value is -2.31. The SMILES string of the molecule is COC(=O)c1n[nH]c(Cc2c(F)cccc2F)[nH+]1. The number of aromatic amines is 2. The molecule has 0 aliphatic rings. The normalized spacial score (nSPS) is 10.4. The molecule has 1 aromatic heterocycles. The van der Waals surface area contributed by atoms with E-state index >= 15 is 0 Å². The fraction of sp³-hybridized carbons (Fsp3) is 0.182. The number of nitrogens with one attached hydrogen (secondary N) is 2. The van der Waals surface area contributed by atoms with E-state index in [1.165, 1.54) is 13.2 Å². The van der Waals surface area contributed by atoms with Gasteiger partial charge in [0.25, 0.3) is 0 Å². The molecule has 0 atom stereocenters. The number of aromatic nitrogens is 3. The van der Waals surface area contributed by atoms with E-state index < -0.39 is 17.6 Å². The first-order valence-corrected chi connectivity index (χ1v) is 5.09. The maximum atomic E-state index is 13.4. The molecule has 94 valence electrons. The minimum Gasteiger partial charge on any atom is -0.461 e. The lowest BCUT2D eigenvalue weighted by Crippen LogP contribution is -2.19. The summed E-state index contributed by atoms with van der Waals surface area (Å²) in [6.07, 6.45) is -0.0670. The molecule has 0 amide bonds. The van der Waals surface area contributed by atoms with Crippen molar-refractivity contribution in [1.29, 1.82) is 0 Å². The van der Waals surface area contributed by atoms with Crippen LogP contribution in [0, 0.1) is 11.6 Å². The molecule has 2 aromatic rings. The number of rotatable bonds is 3. The zero-order chi connectivity index (χ0) is 13.1. The van der Waals surface area contributed by atoms with Gasteiger partial charge in [0.2, 0.25) is 5.82 Å². The van der Waals surface area contributed by atoms with Gasteiger partial charge in [0.15, 0.2) is 0 Å². The molecular weight excluding hydrogens is 244 g/mol. The van der Waals surface area contributed by atoms with Crippen molar-refractivity contribution in [3.8, 4) is 0 Å². The van der Waals surface area contributed by atoms with Crippen LogP contribution in [-0.4, -0.2) is 23.3 Å². The standard InChI is InChI=1S/C11H9F2N3O2/c1-18-11(17)10-14-9(15-16-10)5-6-7(12)3-2-4-8(6)13/h2-4H,5H2,1H3,(H,14,15,16)/p+1. The van der Waals surface area contributed by atoms with Crippen LogP contribution >= 0.6 is 0 Å². The molecule has 0 unspecified atom stereocenters. The number of carbonyl (C=O) groups is 1. The van der Waals surface area contributed by atoms with Crippen molar-refractivity contribution in [2.45, 2.75) is 6.42 Å². The summed E-state index contributed by atoms with van der Waals surface area (Å²) in [7, 11) is 1.21. The average molecular weight is 254 g/mol. The van der Waals surface area contributed by atoms with Crippen LogP contribution < -0.4 is 4.98 Å². The molecule has 0 spiro atoms. The summed E-state index contributed by atoms with van der Waals surface area (Å²) in [5, 5.41) is 6.13. The third-order valence-electron chi connectivity index (χ3n) is 2.37. The number of ether oxygens (including phenoxy) is 1. The first-order valence-electron chi connectivity index (χ1n) is 5.09. The Morgan fingerprint density at radius 3 is 2.72 bits per heavy atom. The molecule has 0 aliphatic heterocycles. The van der Waals surface area contributed by atoms with E-state index in [1.807, 2.05) is 0 Å². The summed E-state index contributed by atoms with van der Waals surface area (Å²) >= 11 is 0. The number of methoxy groups -OCH3 is 1. The van der Waals surface area contributed by atoms with Gasteiger partial charge in [0, 0.05) is 5.56 Å². The fourth-order valence-corrected chi connectivity index (χ4v) is 1.48. The lowest BCUT2D eigenvalue weighted by molar-refractivity contribution is -0.394. The molecule has 7 heteroatoms. The van der Waals surface area contributed by atoms with Crippen molar-refractivity contribution in [3.05, 3.63) is 47.0 Å². The molecule has 0 radical (unpaired) electrons. The number of nitrogens with zero attached hydrogens (tertiary/aromatic N) is 1. The third kappa shape index (κ3) is 2.34. The minimum atomic E-state index is -0.661. The summed E-state index contributed by atoms with van der Waals surface area (Å²) in [4.78, 5) is 13.7. The average Bonchev–Trinajstić information content (AvgIpc) is 2.81. The Morgan fingerprint density at radius 1 is 1.44 bits per heavy atom. The van der Waals surface area contributed by atoms with E-state index in [2.05, 4.69) is 19.9 Å². The molecule has 0 aliphatic carbocycles. The maximum Gasteiger partial charge on any atom is 0.411 e. The van der Waals surface area contributed by atoms with Gasteiger partial charge in [-0.1, -0.05) is 6.07 Å². The topological polar surface area (TPSA) is 69.1 Å². The highest BCUT2D eigenvalue weighted by Gasteiger charge is 2.21. The highest BCUT2D eigenvalue weighted by molar-refractivity contribution is 5.83. The number of carbonyl (C=O) groups excluding carboxylic acids is 1. The number of hydrogen-bond acceptors (Lipinski definition) is 3. The Balaban J connectivity index is 2.24. The lowest BCUT2D eigenvalue weighted by atomic mass is 10.1. The highest BCUT2D eigenvalue weighted by Crippen LogP contribution is 2.14. The summed E-state index contributed by atoms with van der Waals surface area (Å²) in [5.41, 5.74) is -0.103. The van der Waals surface area contributed by atoms with Crippen molar-refractivity contribution in [2.75, 3.05) is 7.11 Å². The molecule has 1 aromatic carbocycles. The van der Waals surface area contributed by atoms with Crippen molar-refractivity contribution in [1.82, 2.24) is 10.2 Å². The minimum absolute atomic E-state index is 0.0516. The molecule has 1 heterocycles. The lowest BCUT2D eigenvalue weighted by Gasteiger charge is -1.99. The second kappa shape index (κ2) is 4.91. The van der Waals surface area contributed by atoms with Crippen LogP contribution in [0.3, 0.4) is 0 Å². The number of hydrogen-bond donors (Lipinski definition) is 1. The van der Waals surface area contributed by atoms with Crippen LogP contribution in [0.2, 0.25) is 0 Å². The number of halogens is 2. The van der Waals surface area contributed by atoms with Gasteiger partial charge in [-0.3, -0.25) is 0 Å². The van der Waals surface area contributed by atoms with Gasteiger partial charge in [-0.05, 0) is 12.1 Å². The van der Waals surface area contributed by atoms with Crippen molar-refractivity contribution < 1.29 is 23.3 Å². The maximum absolute atomic E-state index is 13.4. The fourth-order valence-electron chi connectivity index (χ4n) is 1.48. The first kappa shape index (κ1) is 12.2. The van der Waals surface area contributed by atoms with Crippen LogP contribution in [0.15, 0.2) is 18.2 Å². The largest absolute Gasteiger partial charge is 0.461 e. The van der Waals surface area contributed by atoms with Crippen LogP contribution in [0.25, 0.3) is 0 Å². The van der Waals surface area contributed by atoms with Gasteiger partial charge >= 0.3 is 11.8 Å². The molecule has 0 saturated carbocycles. The summed E-state index contributed by atoms with van der Waals surface area (Å²) in [5.74, 6) is -1.72. The zero-order valence-corrected chi connectivity index (χ0v) is 9.46. The number of benzene rings is 1. The van der Waals surface area contributed by atoms with E-state index in [9.17, 15) is 13.6 Å². The molecule has 2 rings (SSSR count). The van der Waals surface area contributed by atoms with E-state index in [4.69, 9.17) is 0 Å². The smallest absolute Gasteiger partial charge is 0.411 e. The number of H-pyrrole nitrogens is 2. The number of esters is 1. The van der Waals surface area contributed by atoms with Crippen LogP contribution in [0.4, 0.5) is 8.78 Å². The van der Waals surface area contributed by atoms with Crippen LogP contribution in [0.1, 0.15) is 22.0 Å². The Bertz CT molecular complexity index is 563. The van der Waals surface area contributed by atoms with Gasteiger partial charge in [0.1, 0.15) is 11.6 Å². The molecule has 18 heavy (non-hydrogen) atoms. The van der Waals surface area contributed by atoms with Gasteiger partial charge in [-0.15, -0.1) is 5.10 Å². The predicted molar refractivity (Wildman–Crippen MR) is 55.6 cm³/mol. The Labute approximate surface area is 101 Å². The van der Waals surface area contributed by atoms with E-state index in [0.717, 1.165) is 12.1 Å². The Morgan fingerprint density at radius 2 is 2.11 bits per heavy atom. The van der Waals surface area contributed by atoms with Gasteiger partial charge in [0.05, 0.1) is 18.6 Å². The summed E-state index contributed by atoms with van der Waals surface area (Å²) < 4.78 is 31.2. The van der Waals surface area contributed by atoms with Crippen molar-refractivity contribution in [3.63, 3.8) is 0 Å². The van der Waals surface area contributed by atoms with Crippen molar-refractivity contribution in [2.24, 2.45) is 0 Å². The van der Waals surface area contributed by atoms with Gasteiger partial charge < -0.3 is 4.74 Å². The van der Waals surface area contributed by atoms with E-state index in [1.54, 1.807) is 0 Å². The predicted octanol–water partition coefficient (Wildman–Crippen LogP) is 0.879. The first-order chi connectivity index (χ1) is 8.61. The second-order valence-corrected chi connectivity index (χ2v) is 3.54. The van der Waals surface area contributed by atoms with Gasteiger partial charge in [-0.25, -0.2) is 18.6 Å². The van der Waals surface area contributed by atoms with E-state index in [0.29, 0.717) is 5.82 Å². The Kier molecular flexibility index (Phi) is 3.31. The molecule has 2 N–H and O–H groups in total. The molecule has 5 nitrogen and oxygen atoms in total. The quantitative estimate of drug-likeness (QED) is 0.826. The summed E-state index contributed by atoms with van der Waals surface area (Å²) in [6, 6.07) is 3.61. The monoisotopic (exact) mass is 254 g/mol. The van der Waals surface area contributed by atoms with Crippen LogP contribution in [0.5, 0.6) is 0 Å². The zero-order valence-electron chi connectivity index (χ0n) is 9.46.